The average molecular weight is 546 g/mol. The van der Waals surface area contributed by atoms with Crippen molar-refractivity contribution in [3.63, 3.8) is 0 Å². The Labute approximate surface area is 235 Å². The first-order chi connectivity index (χ1) is 19.3. The molecule has 11 nitrogen and oxygen atoms in total. The first kappa shape index (κ1) is 28.8. The van der Waals surface area contributed by atoms with E-state index < -0.39 is 0 Å². The van der Waals surface area contributed by atoms with Crippen LogP contribution in [0.2, 0.25) is 0 Å². The molecule has 2 heterocycles. The van der Waals surface area contributed by atoms with Crippen molar-refractivity contribution in [2.45, 2.75) is 6.92 Å². The number of benzene rings is 1. The van der Waals surface area contributed by atoms with E-state index in [4.69, 9.17) is 21.2 Å². The van der Waals surface area contributed by atoms with Gasteiger partial charge in [-0.2, -0.15) is 0 Å². The predicted octanol–water partition coefficient (Wildman–Crippen LogP) is 2.46. The second-order valence-corrected chi connectivity index (χ2v) is 9.76. The normalized spacial score (nSPS) is 14.6. The number of aliphatic hydroxyl groups is 2. The molecule has 0 atom stereocenters. The van der Waals surface area contributed by atoms with Gasteiger partial charge < -0.3 is 36.0 Å². The van der Waals surface area contributed by atoms with Gasteiger partial charge in [0.2, 0.25) is 0 Å². The minimum Gasteiger partial charge on any atom is -0.397 e. The van der Waals surface area contributed by atoms with E-state index >= 15 is 0 Å². The number of likely N-dealkylation sites (N-methyl/N-ethyl adjacent to an activating group) is 2. The molecule has 6 N–H and O–H groups in total. The minimum absolute atomic E-state index is 0.00000283. The van der Waals surface area contributed by atoms with Crippen LogP contribution < -0.4 is 20.9 Å². The molecule has 0 saturated heterocycles. The number of aromatic nitrogens is 2. The SMILES string of the molecule is CCN(CCN(C)C)c1nn2ccccc2c1N=C1C=C(Nc2ccc(N(CCO)CCO)cc2)C(=N)C=C1N. The highest BCUT2D eigenvalue weighted by Crippen LogP contribution is 2.33. The van der Waals surface area contributed by atoms with Crippen LogP contribution in [0, 0.1) is 5.41 Å². The maximum absolute atomic E-state index is 9.33. The van der Waals surface area contributed by atoms with Crippen molar-refractivity contribution in [1.29, 1.82) is 5.41 Å². The van der Waals surface area contributed by atoms with Crippen LogP contribution in [-0.2, 0) is 0 Å². The van der Waals surface area contributed by atoms with Crippen LogP contribution in [0.5, 0.6) is 0 Å². The number of aliphatic imine (C=N–C) groups is 1. The number of allylic oxidation sites excluding steroid dienone is 2. The fourth-order valence-electron chi connectivity index (χ4n) is 4.48. The van der Waals surface area contributed by atoms with Crippen molar-refractivity contribution in [1.82, 2.24) is 14.5 Å². The maximum atomic E-state index is 9.33. The molecule has 4 rings (SSSR count). The second-order valence-electron chi connectivity index (χ2n) is 9.76. The standard InChI is InChI=1S/C29H39N9O2/c1-4-36(14-13-35(2)3)29-28(27-7-5-6-12-38(27)34-29)33-26-20-25(23(30)19-24(26)31)32-21-8-10-22(11-9-21)37(15-17-39)16-18-40/h5-12,19-20,30,32,39-40H,4,13-18,31H2,1-3H3. The topological polar surface area (TPSA) is 142 Å². The molecule has 1 aliphatic rings. The summed E-state index contributed by atoms with van der Waals surface area (Å²) in [5, 5.41) is 35.3. The van der Waals surface area contributed by atoms with Gasteiger partial charge in [-0.1, -0.05) is 6.07 Å². The van der Waals surface area contributed by atoms with Crippen molar-refractivity contribution in [2.24, 2.45) is 10.7 Å². The molecule has 212 valence electrons. The Morgan fingerprint density at radius 3 is 2.35 bits per heavy atom. The zero-order chi connectivity index (χ0) is 28.6. The number of hydrogen-bond acceptors (Lipinski definition) is 10. The van der Waals surface area contributed by atoms with Crippen LogP contribution in [0.3, 0.4) is 0 Å². The van der Waals surface area contributed by atoms with Crippen LogP contribution >= 0.6 is 0 Å². The minimum atomic E-state index is -0.00000283. The first-order valence-electron chi connectivity index (χ1n) is 13.4. The lowest BCUT2D eigenvalue weighted by molar-refractivity contribution is 0.281. The molecule has 11 heteroatoms. The van der Waals surface area contributed by atoms with Crippen LogP contribution in [0.25, 0.3) is 5.52 Å². The smallest absolute Gasteiger partial charge is 0.177 e. The highest BCUT2D eigenvalue weighted by Gasteiger charge is 2.21. The molecule has 0 amide bonds. The third-order valence-electron chi connectivity index (χ3n) is 6.64. The van der Waals surface area contributed by atoms with Crippen molar-refractivity contribution < 1.29 is 10.2 Å². The molecule has 0 unspecified atom stereocenters. The molecule has 0 spiro atoms. The van der Waals surface area contributed by atoms with E-state index in [0.717, 1.165) is 48.0 Å². The zero-order valence-electron chi connectivity index (χ0n) is 23.4. The number of pyridine rings is 1. The highest BCUT2D eigenvalue weighted by atomic mass is 16.3. The van der Waals surface area contributed by atoms with Gasteiger partial charge in [0.15, 0.2) is 5.82 Å². The molecule has 3 aromatic rings. The van der Waals surface area contributed by atoms with Gasteiger partial charge in [0, 0.05) is 50.3 Å². The maximum Gasteiger partial charge on any atom is 0.177 e. The van der Waals surface area contributed by atoms with Crippen molar-refractivity contribution in [3.8, 4) is 0 Å². The summed E-state index contributed by atoms with van der Waals surface area (Å²) in [4.78, 5) is 11.3. The lowest BCUT2D eigenvalue weighted by Crippen LogP contribution is -2.32. The number of fused-ring (bicyclic) bond motifs is 1. The van der Waals surface area contributed by atoms with E-state index in [-0.39, 0.29) is 18.9 Å². The summed E-state index contributed by atoms with van der Waals surface area (Å²) >= 11 is 0. The molecule has 2 aromatic heterocycles. The molecule has 0 fully saturated rings. The fourth-order valence-corrected chi connectivity index (χ4v) is 4.48. The summed E-state index contributed by atoms with van der Waals surface area (Å²) in [6.45, 7) is 5.42. The Morgan fingerprint density at radius 2 is 1.70 bits per heavy atom. The summed E-state index contributed by atoms with van der Waals surface area (Å²) < 4.78 is 1.83. The zero-order valence-corrected chi connectivity index (χ0v) is 23.4. The second kappa shape index (κ2) is 13.2. The summed E-state index contributed by atoms with van der Waals surface area (Å²) in [7, 11) is 4.10. The van der Waals surface area contributed by atoms with Crippen molar-refractivity contribution in [3.05, 3.63) is 72.2 Å². The van der Waals surface area contributed by atoms with Gasteiger partial charge in [-0.05, 0) is 69.6 Å². The summed E-state index contributed by atoms with van der Waals surface area (Å²) in [6, 6.07) is 13.5. The lowest BCUT2D eigenvalue weighted by atomic mass is 10.0. The number of aliphatic hydroxyl groups excluding tert-OH is 2. The van der Waals surface area contributed by atoms with Crippen LogP contribution in [0.1, 0.15) is 6.92 Å². The van der Waals surface area contributed by atoms with E-state index in [1.54, 1.807) is 12.2 Å². The van der Waals surface area contributed by atoms with E-state index in [0.29, 0.717) is 30.2 Å². The van der Waals surface area contributed by atoms with Gasteiger partial charge in [0.05, 0.1) is 41.5 Å². The average Bonchev–Trinajstić information content (AvgIpc) is 3.30. The molecule has 1 aromatic carbocycles. The molecule has 0 bridgehead atoms. The quantitative estimate of drug-likeness (QED) is 0.206. The largest absolute Gasteiger partial charge is 0.397 e. The number of nitrogens with two attached hydrogens (primary N) is 1. The van der Waals surface area contributed by atoms with E-state index in [1.807, 2.05) is 72.2 Å². The Kier molecular flexibility index (Phi) is 9.54. The fraction of sp³-hybridized carbons (Fsp3) is 0.345. The molecule has 0 radical (unpaired) electrons. The van der Waals surface area contributed by atoms with Crippen molar-refractivity contribution in [2.75, 3.05) is 75.1 Å². The Morgan fingerprint density at radius 1 is 0.975 bits per heavy atom. The van der Waals surface area contributed by atoms with Gasteiger partial charge >= 0.3 is 0 Å². The predicted molar refractivity (Wildman–Crippen MR) is 163 cm³/mol. The number of rotatable bonds is 13. The summed E-state index contributed by atoms with van der Waals surface area (Å²) in [5.41, 5.74) is 11.4. The molecular weight excluding hydrogens is 506 g/mol. The summed E-state index contributed by atoms with van der Waals surface area (Å²) in [6.07, 6.45) is 5.31. The monoisotopic (exact) mass is 545 g/mol. The van der Waals surface area contributed by atoms with Crippen LogP contribution in [0.4, 0.5) is 22.9 Å². The molecule has 1 aliphatic carbocycles. The number of hydrogen-bond donors (Lipinski definition) is 5. The third kappa shape index (κ3) is 6.68. The van der Waals surface area contributed by atoms with Gasteiger partial charge in [-0.15, -0.1) is 5.10 Å². The molecule has 40 heavy (non-hydrogen) atoms. The van der Waals surface area contributed by atoms with Gasteiger partial charge in [0.25, 0.3) is 0 Å². The Bertz CT molecular complexity index is 1400. The summed E-state index contributed by atoms with van der Waals surface area (Å²) in [5.74, 6) is 0.783. The Hall–Kier alpha value is -4.19. The van der Waals surface area contributed by atoms with Crippen LogP contribution in [-0.4, -0.2) is 96.2 Å². The molecular formula is C29H39N9O2. The van der Waals surface area contributed by atoms with Gasteiger partial charge in [-0.3, -0.25) is 5.41 Å². The first-order valence-corrected chi connectivity index (χ1v) is 13.4. The van der Waals surface area contributed by atoms with Gasteiger partial charge in [-0.25, -0.2) is 9.51 Å². The molecule has 0 aliphatic heterocycles. The highest BCUT2D eigenvalue weighted by molar-refractivity contribution is 6.24. The van der Waals surface area contributed by atoms with Gasteiger partial charge in [0.1, 0.15) is 5.69 Å². The van der Waals surface area contributed by atoms with Crippen LogP contribution in [0.15, 0.2) is 77.2 Å². The van der Waals surface area contributed by atoms with E-state index in [1.165, 1.54) is 0 Å². The lowest BCUT2D eigenvalue weighted by Gasteiger charge is -2.23. The molecule has 0 saturated carbocycles. The Balaban J connectivity index is 1.66. The number of anilines is 3. The third-order valence-corrected chi connectivity index (χ3v) is 6.64. The number of nitrogens with one attached hydrogen (secondary N) is 2. The van der Waals surface area contributed by atoms with Crippen molar-refractivity contribution >= 4 is 39.8 Å². The van der Waals surface area contributed by atoms with E-state index in [2.05, 4.69) is 22.0 Å². The number of nitrogens with zero attached hydrogens (tertiary/aromatic N) is 6. The van der Waals surface area contributed by atoms with E-state index in [9.17, 15) is 10.2 Å².